The average molecular weight is 354 g/mol. The lowest BCUT2D eigenvalue weighted by molar-refractivity contribution is -0.608. The third-order valence-corrected chi connectivity index (χ3v) is 4.62. The molecule has 1 amide bonds. The molecule has 0 radical (unpaired) electrons. The van der Waals surface area contributed by atoms with Crippen LogP contribution in [0.5, 0.6) is 0 Å². The highest BCUT2D eigenvalue weighted by Crippen LogP contribution is 2.24. The van der Waals surface area contributed by atoms with Crippen LogP contribution in [0, 0.1) is 5.21 Å². The highest BCUT2D eigenvalue weighted by atomic mass is 16.5. The fourth-order valence-corrected chi connectivity index (χ4v) is 3.18. The Morgan fingerprint density at radius 3 is 2.73 bits per heavy atom. The van der Waals surface area contributed by atoms with Crippen LogP contribution in [0.1, 0.15) is 53.0 Å². The Morgan fingerprint density at radius 2 is 1.96 bits per heavy atom. The Labute approximate surface area is 152 Å². The van der Waals surface area contributed by atoms with Crippen LogP contribution < -0.4 is 10.0 Å². The zero-order valence-corrected chi connectivity index (χ0v) is 14.7. The SMILES string of the molecule is C[C@@H](NC(=O)COC(=O)c1cccc[n+]1[O-])c1ccc2c(c1)CCCC2. The van der Waals surface area contributed by atoms with E-state index < -0.39 is 18.5 Å². The molecule has 6 heteroatoms. The number of nitrogens with zero attached hydrogens (tertiary/aromatic N) is 1. The summed E-state index contributed by atoms with van der Waals surface area (Å²) in [6.07, 6.45) is 5.83. The molecule has 0 bridgehead atoms. The molecule has 0 saturated carbocycles. The van der Waals surface area contributed by atoms with Crippen LogP contribution in [0.2, 0.25) is 0 Å². The van der Waals surface area contributed by atoms with Gasteiger partial charge in [0.25, 0.3) is 5.91 Å². The fourth-order valence-electron chi connectivity index (χ4n) is 3.18. The molecule has 0 fully saturated rings. The van der Waals surface area contributed by atoms with E-state index in [2.05, 4.69) is 17.4 Å². The van der Waals surface area contributed by atoms with Gasteiger partial charge in [-0.05, 0) is 55.4 Å². The lowest BCUT2D eigenvalue weighted by Gasteiger charge is -2.20. The Morgan fingerprint density at radius 1 is 1.19 bits per heavy atom. The van der Waals surface area contributed by atoms with E-state index >= 15 is 0 Å². The van der Waals surface area contributed by atoms with E-state index in [-0.39, 0.29) is 11.7 Å². The van der Waals surface area contributed by atoms with Gasteiger partial charge in [-0.3, -0.25) is 4.79 Å². The van der Waals surface area contributed by atoms with Crippen molar-refractivity contribution in [2.45, 2.75) is 38.6 Å². The molecule has 136 valence electrons. The number of fused-ring (bicyclic) bond motifs is 1. The van der Waals surface area contributed by atoms with Gasteiger partial charge < -0.3 is 15.3 Å². The van der Waals surface area contributed by atoms with Crippen molar-refractivity contribution in [3.8, 4) is 0 Å². The average Bonchev–Trinajstić information content (AvgIpc) is 2.66. The van der Waals surface area contributed by atoms with Gasteiger partial charge in [-0.15, -0.1) is 0 Å². The molecule has 0 unspecified atom stereocenters. The zero-order valence-electron chi connectivity index (χ0n) is 14.7. The number of nitrogens with one attached hydrogen (secondary N) is 1. The summed E-state index contributed by atoms with van der Waals surface area (Å²) in [7, 11) is 0. The van der Waals surface area contributed by atoms with Crippen LogP contribution >= 0.6 is 0 Å². The molecule has 26 heavy (non-hydrogen) atoms. The number of rotatable bonds is 5. The summed E-state index contributed by atoms with van der Waals surface area (Å²) < 4.78 is 5.34. The Hall–Kier alpha value is -2.89. The minimum atomic E-state index is -0.822. The molecular formula is C20H22N2O4. The van der Waals surface area contributed by atoms with E-state index in [4.69, 9.17) is 4.74 Å². The van der Waals surface area contributed by atoms with E-state index in [1.165, 1.54) is 42.3 Å². The number of amides is 1. The molecule has 1 atom stereocenters. The van der Waals surface area contributed by atoms with Crippen LogP contribution in [0.3, 0.4) is 0 Å². The summed E-state index contributed by atoms with van der Waals surface area (Å²) in [6, 6.07) is 10.5. The predicted octanol–water partition coefficient (Wildman–Crippen LogP) is 2.23. The summed E-state index contributed by atoms with van der Waals surface area (Å²) in [5.41, 5.74) is 3.63. The minimum absolute atomic E-state index is 0.150. The number of carbonyl (C=O) groups excluding carboxylic acids is 2. The molecule has 1 heterocycles. The topological polar surface area (TPSA) is 82.3 Å². The van der Waals surface area contributed by atoms with Crippen molar-refractivity contribution in [1.82, 2.24) is 5.32 Å². The van der Waals surface area contributed by atoms with Crippen molar-refractivity contribution in [3.05, 3.63) is 70.2 Å². The van der Waals surface area contributed by atoms with E-state index in [0.717, 1.165) is 18.4 Å². The van der Waals surface area contributed by atoms with Gasteiger partial charge in [0.05, 0.1) is 6.04 Å². The molecule has 1 aliphatic carbocycles. The van der Waals surface area contributed by atoms with Gasteiger partial charge in [0.1, 0.15) is 0 Å². The normalized spacial score (nSPS) is 14.2. The standard InChI is InChI=1S/C20H22N2O4/c1-14(16-10-9-15-6-2-3-7-17(15)12-16)21-19(23)13-26-20(24)18-8-4-5-11-22(18)25/h4-5,8-12,14H,2-3,6-7,13H2,1H3,(H,21,23)/t14-/m1/s1. The second-order valence-corrected chi connectivity index (χ2v) is 6.51. The molecule has 6 nitrogen and oxygen atoms in total. The number of ether oxygens (including phenoxy) is 1. The first kappa shape index (κ1) is 17.9. The van der Waals surface area contributed by atoms with Crippen LogP contribution in [-0.2, 0) is 22.4 Å². The first-order chi connectivity index (χ1) is 12.5. The molecular weight excluding hydrogens is 332 g/mol. The lowest BCUT2D eigenvalue weighted by atomic mass is 9.89. The van der Waals surface area contributed by atoms with Gasteiger partial charge >= 0.3 is 11.7 Å². The third kappa shape index (κ3) is 4.20. The highest BCUT2D eigenvalue weighted by molar-refractivity contribution is 5.88. The lowest BCUT2D eigenvalue weighted by Crippen LogP contribution is -2.36. The number of pyridine rings is 1. The number of benzene rings is 1. The second-order valence-electron chi connectivity index (χ2n) is 6.51. The smallest absolute Gasteiger partial charge is 0.405 e. The Bertz CT molecular complexity index is 819. The van der Waals surface area contributed by atoms with Gasteiger partial charge in [-0.25, -0.2) is 4.79 Å². The summed E-state index contributed by atoms with van der Waals surface area (Å²) in [5, 5.41) is 14.3. The van der Waals surface area contributed by atoms with Crippen LogP contribution in [0.15, 0.2) is 42.6 Å². The maximum absolute atomic E-state index is 12.1. The van der Waals surface area contributed by atoms with Gasteiger partial charge in [-0.2, -0.15) is 4.73 Å². The van der Waals surface area contributed by atoms with Gasteiger partial charge in [0.2, 0.25) is 0 Å². The minimum Gasteiger partial charge on any atom is -0.618 e. The van der Waals surface area contributed by atoms with E-state index in [9.17, 15) is 14.8 Å². The first-order valence-electron chi connectivity index (χ1n) is 8.81. The molecule has 0 saturated heterocycles. The van der Waals surface area contributed by atoms with Crippen molar-refractivity contribution in [2.75, 3.05) is 6.61 Å². The Balaban J connectivity index is 1.54. The highest BCUT2D eigenvalue weighted by Gasteiger charge is 2.19. The van der Waals surface area contributed by atoms with Crippen molar-refractivity contribution in [2.24, 2.45) is 0 Å². The largest absolute Gasteiger partial charge is 0.618 e. The summed E-state index contributed by atoms with van der Waals surface area (Å²) >= 11 is 0. The van der Waals surface area contributed by atoms with Crippen LogP contribution in [-0.4, -0.2) is 18.5 Å². The third-order valence-electron chi connectivity index (χ3n) is 4.62. The molecule has 3 rings (SSSR count). The molecule has 1 aliphatic rings. The van der Waals surface area contributed by atoms with Crippen molar-refractivity contribution in [3.63, 3.8) is 0 Å². The zero-order chi connectivity index (χ0) is 18.5. The van der Waals surface area contributed by atoms with Crippen molar-refractivity contribution in [1.29, 1.82) is 0 Å². The van der Waals surface area contributed by atoms with Gasteiger partial charge in [0.15, 0.2) is 12.8 Å². The summed E-state index contributed by atoms with van der Waals surface area (Å²) in [4.78, 5) is 23.9. The molecule has 1 aromatic heterocycles. The fraction of sp³-hybridized carbons (Fsp3) is 0.350. The van der Waals surface area contributed by atoms with E-state index in [0.29, 0.717) is 4.73 Å². The quantitative estimate of drug-likeness (QED) is 0.507. The summed E-state index contributed by atoms with van der Waals surface area (Å²) in [5.74, 6) is -1.23. The number of carbonyl (C=O) groups is 2. The summed E-state index contributed by atoms with van der Waals surface area (Å²) in [6.45, 7) is 1.47. The molecule has 1 N–H and O–H groups in total. The van der Waals surface area contributed by atoms with Crippen molar-refractivity contribution < 1.29 is 19.1 Å². The van der Waals surface area contributed by atoms with Gasteiger partial charge in [0, 0.05) is 12.1 Å². The first-order valence-corrected chi connectivity index (χ1v) is 8.81. The number of aryl methyl sites for hydroxylation is 2. The van der Waals surface area contributed by atoms with E-state index in [1.807, 2.05) is 13.0 Å². The van der Waals surface area contributed by atoms with Crippen LogP contribution in [0.25, 0.3) is 0 Å². The van der Waals surface area contributed by atoms with Gasteiger partial charge in [-0.1, -0.05) is 18.2 Å². The second kappa shape index (κ2) is 7.99. The number of aromatic nitrogens is 1. The Kier molecular flexibility index (Phi) is 5.51. The number of esters is 1. The monoisotopic (exact) mass is 354 g/mol. The maximum Gasteiger partial charge on any atom is 0.405 e. The maximum atomic E-state index is 12.1. The molecule has 0 aliphatic heterocycles. The molecule has 2 aromatic rings. The van der Waals surface area contributed by atoms with E-state index in [1.54, 1.807) is 6.07 Å². The predicted molar refractivity (Wildman–Crippen MR) is 95.3 cm³/mol. The number of hydrogen-bond acceptors (Lipinski definition) is 4. The van der Waals surface area contributed by atoms with Crippen molar-refractivity contribution >= 4 is 11.9 Å². The molecule has 1 aromatic carbocycles. The van der Waals surface area contributed by atoms with Crippen LogP contribution in [0.4, 0.5) is 0 Å². The molecule has 0 spiro atoms. The number of hydrogen-bond donors (Lipinski definition) is 1.